The second-order valence-corrected chi connectivity index (χ2v) is 5.28. The Balaban J connectivity index is 2.42. The molecule has 3 N–H and O–H groups in total. The number of benzene rings is 1. The van der Waals surface area contributed by atoms with Crippen molar-refractivity contribution in [2.75, 3.05) is 0 Å². The lowest BCUT2D eigenvalue weighted by Gasteiger charge is -2.18. The lowest BCUT2D eigenvalue weighted by molar-refractivity contribution is -0.137. The van der Waals surface area contributed by atoms with Crippen LogP contribution in [0.5, 0.6) is 0 Å². The highest BCUT2D eigenvalue weighted by atomic mass is 32.1. The van der Waals surface area contributed by atoms with Gasteiger partial charge in [-0.1, -0.05) is 12.1 Å². The summed E-state index contributed by atoms with van der Waals surface area (Å²) in [6, 6.07) is 6.64. The number of rotatable bonds is 3. The number of thiophene rings is 1. The van der Waals surface area contributed by atoms with Crippen molar-refractivity contribution in [1.29, 1.82) is 0 Å². The van der Waals surface area contributed by atoms with Crippen LogP contribution in [0.15, 0.2) is 35.7 Å². The first kappa shape index (κ1) is 14.0. The molecule has 1 heterocycles. The SMILES string of the molecule is Cc1sccc1C(NN)c1cccc(C(F)(F)F)c1. The number of hydrogen-bond acceptors (Lipinski definition) is 3. The third-order valence-corrected chi connectivity index (χ3v) is 3.79. The number of nitrogens with one attached hydrogen (secondary N) is 1. The molecule has 0 aliphatic heterocycles. The number of aryl methyl sites for hydroxylation is 1. The molecule has 2 nitrogen and oxygen atoms in total. The highest BCUT2D eigenvalue weighted by Gasteiger charge is 2.31. The van der Waals surface area contributed by atoms with Crippen LogP contribution in [-0.4, -0.2) is 0 Å². The topological polar surface area (TPSA) is 38.0 Å². The smallest absolute Gasteiger partial charge is 0.271 e. The van der Waals surface area contributed by atoms with Crippen LogP contribution in [0.2, 0.25) is 0 Å². The summed E-state index contributed by atoms with van der Waals surface area (Å²) in [5.74, 6) is 5.50. The number of nitrogens with two attached hydrogens (primary N) is 1. The Morgan fingerprint density at radius 2 is 2.00 bits per heavy atom. The van der Waals surface area contributed by atoms with E-state index in [1.807, 2.05) is 18.4 Å². The molecule has 1 aromatic carbocycles. The molecule has 0 spiro atoms. The quantitative estimate of drug-likeness (QED) is 0.668. The predicted molar refractivity (Wildman–Crippen MR) is 69.7 cm³/mol. The van der Waals surface area contributed by atoms with Crippen LogP contribution < -0.4 is 11.3 Å². The van der Waals surface area contributed by atoms with Gasteiger partial charge in [-0.2, -0.15) is 13.2 Å². The van der Waals surface area contributed by atoms with Gasteiger partial charge in [-0.3, -0.25) is 5.84 Å². The maximum absolute atomic E-state index is 12.7. The van der Waals surface area contributed by atoms with E-state index in [0.29, 0.717) is 5.56 Å². The fourth-order valence-corrected chi connectivity index (χ4v) is 2.70. The molecule has 0 aliphatic rings. The molecule has 6 heteroatoms. The summed E-state index contributed by atoms with van der Waals surface area (Å²) in [4.78, 5) is 1.03. The van der Waals surface area contributed by atoms with Crippen LogP contribution in [0.4, 0.5) is 13.2 Å². The van der Waals surface area contributed by atoms with Crippen LogP contribution in [0, 0.1) is 6.92 Å². The molecule has 0 fully saturated rings. The molecule has 2 aromatic rings. The summed E-state index contributed by atoms with van der Waals surface area (Å²) < 4.78 is 38.1. The van der Waals surface area contributed by atoms with E-state index < -0.39 is 17.8 Å². The molecular weight excluding hydrogens is 273 g/mol. The van der Waals surface area contributed by atoms with Gasteiger partial charge in [0, 0.05) is 4.88 Å². The maximum atomic E-state index is 12.7. The van der Waals surface area contributed by atoms with Crippen molar-refractivity contribution < 1.29 is 13.2 Å². The first-order chi connectivity index (χ1) is 8.93. The van der Waals surface area contributed by atoms with Crippen LogP contribution in [0.25, 0.3) is 0 Å². The molecule has 0 saturated carbocycles. The van der Waals surface area contributed by atoms with Crippen molar-refractivity contribution in [2.24, 2.45) is 5.84 Å². The monoisotopic (exact) mass is 286 g/mol. The number of hydrogen-bond donors (Lipinski definition) is 2. The van der Waals surface area contributed by atoms with Gasteiger partial charge in [0.2, 0.25) is 0 Å². The minimum atomic E-state index is -4.35. The summed E-state index contributed by atoms with van der Waals surface area (Å²) in [6.07, 6.45) is -4.35. The molecule has 2 rings (SSSR count). The largest absolute Gasteiger partial charge is 0.416 e. The minimum Gasteiger partial charge on any atom is -0.271 e. The Bertz CT molecular complexity index is 563. The van der Waals surface area contributed by atoms with Gasteiger partial charge in [-0.05, 0) is 41.6 Å². The highest BCUT2D eigenvalue weighted by molar-refractivity contribution is 7.10. The van der Waals surface area contributed by atoms with Crippen molar-refractivity contribution in [1.82, 2.24) is 5.43 Å². The van der Waals surface area contributed by atoms with Crippen molar-refractivity contribution in [3.63, 3.8) is 0 Å². The van der Waals surface area contributed by atoms with Gasteiger partial charge in [-0.25, -0.2) is 5.43 Å². The van der Waals surface area contributed by atoms with Crippen molar-refractivity contribution in [2.45, 2.75) is 19.1 Å². The second kappa shape index (κ2) is 5.32. The van der Waals surface area contributed by atoms with Crippen molar-refractivity contribution >= 4 is 11.3 Å². The predicted octanol–water partition coefficient (Wildman–Crippen LogP) is 3.63. The Morgan fingerprint density at radius 1 is 1.26 bits per heavy atom. The van der Waals surface area contributed by atoms with E-state index >= 15 is 0 Å². The first-order valence-electron chi connectivity index (χ1n) is 5.60. The molecule has 0 amide bonds. The lowest BCUT2D eigenvalue weighted by Crippen LogP contribution is -2.29. The second-order valence-electron chi connectivity index (χ2n) is 4.16. The fraction of sp³-hybridized carbons (Fsp3) is 0.231. The zero-order valence-corrected chi connectivity index (χ0v) is 11.0. The summed E-state index contributed by atoms with van der Waals surface area (Å²) in [5, 5.41) is 1.89. The average Bonchev–Trinajstić information content (AvgIpc) is 2.76. The summed E-state index contributed by atoms with van der Waals surface area (Å²) in [7, 11) is 0. The fourth-order valence-electron chi connectivity index (χ4n) is 1.95. The van der Waals surface area contributed by atoms with E-state index in [9.17, 15) is 13.2 Å². The number of alkyl halides is 3. The third kappa shape index (κ3) is 2.97. The molecule has 0 bridgehead atoms. The van der Waals surface area contributed by atoms with Gasteiger partial charge in [0.15, 0.2) is 0 Å². The molecule has 19 heavy (non-hydrogen) atoms. The maximum Gasteiger partial charge on any atom is 0.416 e. The molecule has 1 aromatic heterocycles. The van der Waals surface area contributed by atoms with Gasteiger partial charge in [0.25, 0.3) is 0 Å². The number of halogens is 3. The Hall–Kier alpha value is -1.37. The molecule has 0 radical (unpaired) electrons. The molecular formula is C13H13F3N2S. The van der Waals surface area contributed by atoms with E-state index in [1.165, 1.54) is 17.4 Å². The first-order valence-corrected chi connectivity index (χ1v) is 6.48. The van der Waals surface area contributed by atoms with Gasteiger partial charge < -0.3 is 0 Å². The normalized spacial score (nSPS) is 13.5. The Kier molecular flexibility index (Phi) is 3.93. The van der Waals surface area contributed by atoms with E-state index in [-0.39, 0.29) is 0 Å². The summed E-state index contributed by atoms with van der Waals surface area (Å²) in [6.45, 7) is 1.91. The number of hydrazine groups is 1. The average molecular weight is 286 g/mol. The molecule has 0 aliphatic carbocycles. The molecule has 1 atom stereocenters. The van der Waals surface area contributed by atoms with Crippen LogP contribution in [0.3, 0.4) is 0 Å². The summed E-state index contributed by atoms with van der Waals surface area (Å²) >= 11 is 1.53. The van der Waals surface area contributed by atoms with Gasteiger partial charge in [0.05, 0.1) is 11.6 Å². The van der Waals surface area contributed by atoms with E-state index in [0.717, 1.165) is 22.6 Å². The zero-order chi connectivity index (χ0) is 14.0. The molecule has 1 unspecified atom stereocenters. The van der Waals surface area contributed by atoms with E-state index in [4.69, 9.17) is 5.84 Å². The van der Waals surface area contributed by atoms with Gasteiger partial charge in [0.1, 0.15) is 0 Å². The zero-order valence-electron chi connectivity index (χ0n) is 10.2. The Morgan fingerprint density at radius 3 is 2.53 bits per heavy atom. The lowest BCUT2D eigenvalue weighted by atomic mass is 9.98. The van der Waals surface area contributed by atoms with E-state index in [2.05, 4.69) is 5.43 Å². The highest BCUT2D eigenvalue weighted by Crippen LogP contribution is 2.33. The van der Waals surface area contributed by atoms with Crippen LogP contribution >= 0.6 is 11.3 Å². The van der Waals surface area contributed by atoms with Gasteiger partial charge in [-0.15, -0.1) is 11.3 Å². The minimum absolute atomic E-state index is 0.437. The Labute approximate surface area is 113 Å². The van der Waals surface area contributed by atoms with E-state index in [1.54, 1.807) is 6.07 Å². The summed E-state index contributed by atoms with van der Waals surface area (Å²) in [5.41, 5.74) is 3.31. The van der Waals surface area contributed by atoms with Crippen LogP contribution in [0.1, 0.15) is 27.6 Å². The standard InChI is InChI=1S/C13H13F3N2S/c1-8-11(5-6-19-8)12(18-17)9-3-2-4-10(7-9)13(14,15)16/h2-7,12,18H,17H2,1H3. The molecule has 102 valence electrons. The third-order valence-electron chi connectivity index (χ3n) is 2.92. The van der Waals surface area contributed by atoms with Crippen LogP contribution in [-0.2, 0) is 6.18 Å². The van der Waals surface area contributed by atoms with Crippen molar-refractivity contribution in [3.8, 4) is 0 Å². The van der Waals surface area contributed by atoms with Crippen molar-refractivity contribution in [3.05, 3.63) is 57.3 Å². The molecule has 0 saturated heterocycles. The van der Waals surface area contributed by atoms with Gasteiger partial charge >= 0.3 is 6.18 Å².